The predicted octanol–water partition coefficient (Wildman–Crippen LogP) is 4.08. The molecule has 0 bridgehead atoms. The Morgan fingerprint density at radius 1 is 1.03 bits per heavy atom. The van der Waals surface area contributed by atoms with Gasteiger partial charge in [-0.05, 0) is 35.9 Å². The van der Waals surface area contributed by atoms with E-state index in [1.165, 1.54) is 27.4 Å². The van der Waals surface area contributed by atoms with Gasteiger partial charge in [0.2, 0.25) is 10.0 Å². The molecule has 2 aliphatic heterocycles. The molecule has 4 rings (SSSR count). The van der Waals surface area contributed by atoms with Gasteiger partial charge >= 0.3 is 0 Å². The lowest BCUT2D eigenvalue weighted by Crippen LogP contribution is -2.37. The Morgan fingerprint density at radius 2 is 1.73 bits per heavy atom. The fraction of sp³-hybridized carbons (Fsp3) is 0.227. The molecule has 33 heavy (non-hydrogen) atoms. The molecule has 0 unspecified atom stereocenters. The average molecular weight is 519 g/mol. The molecule has 2 aliphatic rings. The van der Waals surface area contributed by atoms with Crippen molar-refractivity contribution in [2.24, 2.45) is 0 Å². The number of hydrogen-bond acceptors (Lipinski definition) is 6. The summed E-state index contributed by atoms with van der Waals surface area (Å²) in [7, 11) is -3.78. The van der Waals surface area contributed by atoms with E-state index in [-0.39, 0.29) is 28.1 Å². The van der Waals surface area contributed by atoms with Crippen molar-refractivity contribution in [3.63, 3.8) is 0 Å². The molecule has 0 aromatic heterocycles. The van der Waals surface area contributed by atoms with E-state index in [0.717, 1.165) is 0 Å². The standard InChI is InChI=1S/C22H16Cl2N4O3S2/c23-18-3-1-14(9-19(18)24)13-28-20-4-2-16(33(30,31)27-5-7-32-8-6-27)10-17(20)21(22(28)29)15(11-25)12-26/h1-4,9-10H,5-8,13H2. The van der Waals surface area contributed by atoms with Crippen LogP contribution in [0.1, 0.15) is 11.1 Å². The molecule has 2 aromatic rings. The topological polar surface area (TPSA) is 105 Å². The molecule has 1 fully saturated rings. The Morgan fingerprint density at radius 3 is 2.36 bits per heavy atom. The summed E-state index contributed by atoms with van der Waals surface area (Å²) in [5.41, 5.74) is 0.855. The molecule has 2 heterocycles. The molecule has 0 saturated carbocycles. The van der Waals surface area contributed by atoms with Gasteiger partial charge in [0, 0.05) is 30.2 Å². The normalized spacial score (nSPS) is 16.3. The van der Waals surface area contributed by atoms with Gasteiger partial charge in [0.15, 0.2) is 0 Å². The third-order valence-electron chi connectivity index (χ3n) is 5.39. The van der Waals surface area contributed by atoms with Gasteiger partial charge in [-0.3, -0.25) is 4.79 Å². The zero-order chi connectivity index (χ0) is 23.8. The first kappa shape index (κ1) is 23.6. The number of allylic oxidation sites excluding steroid dienone is 1. The average Bonchev–Trinajstić information content (AvgIpc) is 3.09. The van der Waals surface area contributed by atoms with Crippen LogP contribution in [0.4, 0.5) is 5.69 Å². The van der Waals surface area contributed by atoms with Crippen molar-refractivity contribution < 1.29 is 13.2 Å². The number of thioether (sulfide) groups is 1. The molecule has 1 amide bonds. The first-order valence-corrected chi connectivity index (χ1v) is 13.2. The molecule has 0 N–H and O–H groups in total. The maximum absolute atomic E-state index is 13.3. The second kappa shape index (κ2) is 9.38. The number of halogens is 2. The maximum Gasteiger partial charge on any atom is 0.261 e. The minimum absolute atomic E-state index is 0.0186. The van der Waals surface area contributed by atoms with E-state index >= 15 is 0 Å². The number of benzene rings is 2. The number of anilines is 1. The van der Waals surface area contributed by atoms with Crippen LogP contribution in [0.15, 0.2) is 46.9 Å². The number of rotatable bonds is 4. The predicted molar refractivity (Wildman–Crippen MR) is 128 cm³/mol. The van der Waals surface area contributed by atoms with Crippen molar-refractivity contribution in [3.05, 3.63) is 63.1 Å². The Hall–Kier alpha value is -2.53. The van der Waals surface area contributed by atoms with Crippen LogP contribution in [0.5, 0.6) is 0 Å². The van der Waals surface area contributed by atoms with Crippen LogP contribution >= 0.6 is 35.0 Å². The Kier molecular flexibility index (Phi) is 6.71. The van der Waals surface area contributed by atoms with Crippen molar-refractivity contribution in [2.45, 2.75) is 11.4 Å². The van der Waals surface area contributed by atoms with Crippen LogP contribution in [0.3, 0.4) is 0 Å². The summed E-state index contributed by atoms with van der Waals surface area (Å²) in [6.45, 7) is 0.902. The van der Waals surface area contributed by atoms with Crippen LogP contribution in [0.2, 0.25) is 10.0 Å². The second-order valence-electron chi connectivity index (χ2n) is 7.31. The van der Waals surface area contributed by atoms with E-state index in [2.05, 4.69) is 0 Å². The molecule has 0 radical (unpaired) electrons. The van der Waals surface area contributed by atoms with Gasteiger partial charge in [0.05, 0.1) is 32.7 Å². The second-order valence-corrected chi connectivity index (χ2v) is 11.3. The minimum atomic E-state index is -3.78. The minimum Gasteiger partial charge on any atom is -0.303 e. The highest BCUT2D eigenvalue weighted by Crippen LogP contribution is 2.41. The molecule has 0 spiro atoms. The molecule has 2 aromatic carbocycles. The molecular formula is C22H16Cl2N4O3S2. The van der Waals surface area contributed by atoms with Crippen LogP contribution in [0.25, 0.3) is 5.57 Å². The molecule has 0 aliphatic carbocycles. The fourth-order valence-electron chi connectivity index (χ4n) is 3.76. The van der Waals surface area contributed by atoms with Crippen LogP contribution in [-0.2, 0) is 21.4 Å². The summed E-state index contributed by atoms with van der Waals surface area (Å²) in [4.78, 5) is 14.7. The van der Waals surface area contributed by atoms with E-state index in [1.54, 1.807) is 42.1 Å². The number of nitriles is 2. The zero-order valence-electron chi connectivity index (χ0n) is 17.1. The highest BCUT2D eigenvalue weighted by atomic mass is 35.5. The summed E-state index contributed by atoms with van der Waals surface area (Å²) in [6, 6.07) is 12.8. The molecule has 168 valence electrons. The van der Waals surface area contributed by atoms with Crippen molar-refractivity contribution in [3.8, 4) is 12.1 Å². The summed E-state index contributed by atoms with van der Waals surface area (Å²) >= 11 is 13.8. The molecule has 0 atom stereocenters. The third kappa shape index (κ3) is 4.35. The van der Waals surface area contributed by atoms with Gasteiger partial charge < -0.3 is 4.90 Å². The first-order valence-electron chi connectivity index (χ1n) is 9.80. The summed E-state index contributed by atoms with van der Waals surface area (Å²) in [5.74, 6) is 0.856. The molecular weight excluding hydrogens is 503 g/mol. The zero-order valence-corrected chi connectivity index (χ0v) is 20.2. The number of sulfonamides is 1. The van der Waals surface area contributed by atoms with Gasteiger partial charge in [0.25, 0.3) is 5.91 Å². The van der Waals surface area contributed by atoms with Gasteiger partial charge in [-0.2, -0.15) is 26.6 Å². The Balaban J connectivity index is 1.82. The highest BCUT2D eigenvalue weighted by Gasteiger charge is 2.37. The molecule has 11 heteroatoms. The Bertz CT molecular complexity index is 1350. The molecule has 7 nitrogen and oxygen atoms in total. The summed E-state index contributed by atoms with van der Waals surface area (Å²) in [5, 5.41) is 19.6. The fourth-order valence-corrected chi connectivity index (χ4v) is 6.69. The lowest BCUT2D eigenvalue weighted by Gasteiger charge is -2.26. The van der Waals surface area contributed by atoms with Gasteiger partial charge in [-0.25, -0.2) is 8.42 Å². The largest absolute Gasteiger partial charge is 0.303 e. The third-order valence-corrected chi connectivity index (χ3v) is 8.97. The Labute approximate surface area is 205 Å². The number of carbonyl (C=O) groups is 1. The highest BCUT2D eigenvalue weighted by molar-refractivity contribution is 7.99. The maximum atomic E-state index is 13.3. The SMILES string of the molecule is N#CC(C#N)=C1C(=O)N(Cc2ccc(Cl)c(Cl)c2)c2ccc(S(=O)(=O)N3CCSCC3)cc21. The van der Waals surface area contributed by atoms with E-state index < -0.39 is 15.9 Å². The number of amides is 1. The van der Waals surface area contributed by atoms with E-state index in [9.17, 15) is 23.7 Å². The van der Waals surface area contributed by atoms with Gasteiger partial charge in [-0.1, -0.05) is 29.3 Å². The number of carbonyl (C=O) groups excluding carboxylic acids is 1. The smallest absolute Gasteiger partial charge is 0.261 e. The van der Waals surface area contributed by atoms with E-state index in [1.807, 2.05) is 0 Å². The van der Waals surface area contributed by atoms with Crippen molar-refractivity contribution in [1.82, 2.24) is 4.31 Å². The van der Waals surface area contributed by atoms with Crippen LogP contribution < -0.4 is 4.90 Å². The van der Waals surface area contributed by atoms with E-state index in [4.69, 9.17) is 23.2 Å². The lowest BCUT2D eigenvalue weighted by molar-refractivity contribution is -0.113. The quantitative estimate of drug-likeness (QED) is 0.445. The first-order chi connectivity index (χ1) is 15.8. The number of fused-ring (bicyclic) bond motifs is 1. The van der Waals surface area contributed by atoms with Crippen molar-refractivity contribution in [2.75, 3.05) is 29.5 Å². The van der Waals surface area contributed by atoms with Gasteiger partial charge in [0.1, 0.15) is 17.7 Å². The van der Waals surface area contributed by atoms with Crippen LogP contribution in [0, 0.1) is 22.7 Å². The summed E-state index contributed by atoms with van der Waals surface area (Å²) < 4.78 is 27.8. The van der Waals surface area contributed by atoms with Crippen molar-refractivity contribution in [1.29, 1.82) is 10.5 Å². The monoisotopic (exact) mass is 518 g/mol. The van der Waals surface area contributed by atoms with E-state index in [0.29, 0.717) is 45.9 Å². The lowest BCUT2D eigenvalue weighted by atomic mass is 10.0. The molecule has 1 saturated heterocycles. The van der Waals surface area contributed by atoms with Gasteiger partial charge in [-0.15, -0.1) is 0 Å². The number of hydrogen-bond donors (Lipinski definition) is 0. The summed E-state index contributed by atoms with van der Waals surface area (Å²) in [6.07, 6.45) is 0. The van der Waals surface area contributed by atoms with Crippen LogP contribution in [-0.4, -0.2) is 43.2 Å². The number of nitrogens with zero attached hydrogens (tertiary/aromatic N) is 4. The van der Waals surface area contributed by atoms with Crippen molar-refractivity contribution >= 4 is 62.2 Å².